The number of halogens is 9. The molecular formula is C28H29F9N2O5. The molecule has 0 bridgehead atoms. The van der Waals surface area contributed by atoms with Crippen LogP contribution in [0.2, 0.25) is 0 Å². The van der Waals surface area contributed by atoms with E-state index in [1.54, 1.807) is 27.7 Å². The monoisotopic (exact) mass is 644 g/mol. The number of alkyl halides is 9. The smallest absolute Gasteiger partial charge is 0.446 e. The molecule has 2 aromatic carbocycles. The van der Waals surface area contributed by atoms with Gasteiger partial charge in [-0.1, -0.05) is 13.8 Å². The summed E-state index contributed by atoms with van der Waals surface area (Å²) in [5.41, 5.74) is -3.86. The van der Waals surface area contributed by atoms with E-state index < -0.39 is 78.1 Å². The van der Waals surface area contributed by atoms with Gasteiger partial charge in [-0.15, -0.1) is 13.2 Å². The minimum atomic E-state index is -5.15. The van der Waals surface area contributed by atoms with Crippen molar-refractivity contribution in [3.63, 3.8) is 0 Å². The van der Waals surface area contributed by atoms with Crippen molar-refractivity contribution < 1.29 is 63.3 Å². The molecule has 2 atom stereocenters. The van der Waals surface area contributed by atoms with Gasteiger partial charge >= 0.3 is 30.9 Å². The van der Waals surface area contributed by atoms with E-state index in [4.69, 9.17) is 9.47 Å². The third-order valence-corrected chi connectivity index (χ3v) is 6.35. The molecule has 0 N–H and O–H groups in total. The van der Waals surface area contributed by atoms with Crippen molar-refractivity contribution in [3.05, 3.63) is 58.7 Å². The number of hydrogen-bond acceptors (Lipinski definition) is 5. The molecule has 1 aliphatic rings. The molecule has 2 amide bonds. The van der Waals surface area contributed by atoms with E-state index in [-0.39, 0.29) is 29.8 Å². The first-order valence-corrected chi connectivity index (χ1v) is 13.2. The van der Waals surface area contributed by atoms with Gasteiger partial charge in [0.15, 0.2) is 0 Å². The first kappa shape index (κ1) is 34.6. The fourth-order valence-electron chi connectivity index (χ4n) is 4.54. The lowest BCUT2D eigenvalue weighted by Gasteiger charge is -2.29. The van der Waals surface area contributed by atoms with Crippen molar-refractivity contribution in [2.45, 2.75) is 78.1 Å². The van der Waals surface area contributed by atoms with Crippen LogP contribution < -0.4 is 9.64 Å². The van der Waals surface area contributed by atoms with Gasteiger partial charge in [-0.2, -0.15) is 26.3 Å². The summed E-state index contributed by atoms with van der Waals surface area (Å²) in [6.45, 7) is 7.42. The van der Waals surface area contributed by atoms with Crippen molar-refractivity contribution in [3.8, 4) is 5.75 Å². The number of benzene rings is 2. The van der Waals surface area contributed by atoms with Crippen LogP contribution in [0.4, 0.5) is 54.8 Å². The summed E-state index contributed by atoms with van der Waals surface area (Å²) >= 11 is 0. The van der Waals surface area contributed by atoms with E-state index >= 15 is 0 Å². The van der Waals surface area contributed by atoms with Crippen LogP contribution in [0, 0.1) is 5.92 Å². The average Bonchev–Trinajstić information content (AvgIpc) is 3.13. The number of amides is 2. The van der Waals surface area contributed by atoms with Gasteiger partial charge in [0, 0.05) is 6.54 Å². The average molecular weight is 645 g/mol. The molecule has 44 heavy (non-hydrogen) atoms. The second-order valence-corrected chi connectivity index (χ2v) is 10.8. The number of carbonyl (C=O) groups is 2. The van der Waals surface area contributed by atoms with Gasteiger partial charge in [-0.25, -0.2) is 9.59 Å². The van der Waals surface area contributed by atoms with Gasteiger partial charge in [-0.05, 0) is 74.2 Å². The van der Waals surface area contributed by atoms with E-state index in [1.807, 2.05) is 0 Å². The zero-order chi connectivity index (χ0) is 33.4. The number of hydrogen-bond donors (Lipinski definition) is 0. The summed E-state index contributed by atoms with van der Waals surface area (Å²) in [5, 5.41) is 0. The molecule has 0 radical (unpaired) electrons. The summed E-state index contributed by atoms with van der Waals surface area (Å²) in [4.78, 5) is 28.0. The maximum Gasteiger partial charge on any atom is 0.573 e. The largest absolute Gasteiger partial charge is 0.573 e. The molecule has 0 unspecified atom stereocenters. The van der Waals surface area contributed by atoms with Crippen molar-refractivity contribution in [1.29, 1.82) is 0 Å². The molecule has 1 fully saturated rings. The quantitative estimate of drug-likeness (QED) is 0.269. The molecule has 1 aliphatic heterocycles. The van der Waals surface area contributed by atoms with Crippen molar-refractivity contribution in [1.82, 2.24) is 4.90 Å². The Morgan fingerprint density at radius 2 is 1.50 bits per heavy atom. The normalized spacial score (nSPS) is 17.7. The molecule has 3 rings (SSSR count). The third-order valence-electron chi connectivity index (χ3n) is 6.35. The maximum atomic E-state index is 13.5. The summed E-state index contributed by atoms with van der Waals surface area (Å²) in [6.07, 6.45) is -19.6. The molecule has 0 spiro atoms. The van der Waals surface area contributed by atoms with Crippen LogP contribution >= 0.6 is 0 Å². The predicted molar refractivity (Wildman–Crippen MR) is 138 cm³/mol. The van der Waals surface area contributed by atoms with Gasteiger partial charge in [0.1, 0.15) is 11.9 Å². The van der Waals surface area contributed by atoms with E-state index in [0.717, 1.165) is 28.0 Å². The van der Waals surface area contributed by atoms with E-state index in [0.29, 0.717) is 12.1 Å². The summed E-state index contributed by atoms with van der Waals surface area (Å²) < 4.78 is 134. The lowest BCUT2D eigenvalue weighted by atomic mass is 9.97. The van der Waals surface area contributed by atoms with Crippen LogP contribution in [0.1, 0.15) is 63.0 Å². The van der Waals surface area contributed by atoms with Crippen LogP contribution in [-0.2, 0) is 28.4 Å². The van der Waals surface area contributed by atoms with Crippen molar-refractivity contribution in [2.24, 2.45) is 5.92 Å². The number of carbonyl (C=O) groups excluding carboxylic acids is 2. The minimum absolute atomic E-state index is 0.0285. The van der Waals surface area contributed by atoms with E-state index in [1.165, 1.54) is 6.92 Å². The standard InChI is InChI=1S/C28H29F9N2O5/c1-14(2)12-39(25(41)42-15(3)4)22-7-6-21(44-28(35,36)37)10-18(22)13-38-16(5)23(43-24(38)40)17-8-19(26(29,30)31)11-20(9-17)27(32,33)34/h6-11,14-16,23H,12-13H2,1-5H3/t16-,23-/m0/s1. The number of cyclic esters (lactones) is 1. The van der Waals surface area contributed by atoms with Gasteiger partial charge in [-0.3, -0.25) is 9.80 Å². The molecule has 0 aromatic heterocycles. The number of ether oxygens (including phenoxy) is 3. The van der Waals surface area contributed by atoms with Gasteiger partial charge in [0.05, 0.1) is 35.5 Å². The first-order valence-electron chi connectivity index (χ1n) is 13.2. The molecule has 16 heteroatoms. The highest BCUT2D eigenvalue weighted by Gasteiger charge is 2.44. The summed E-state index contributed by atoms with van der Waals surface area (Å²) in [5.74, 6) is -0.875. The van der Waals surface area contributed by atoms with E-state index in [9.17, 15) is 49.1 Å². The Bertz CT molecular complexity index is 1320. The highest BCUT2D eigenvalue weighted by Crippen LogP contribution is 2.42. The second-order valence-electron chi connectivity index (χ2n) is 10.8. The van der Waals surface area contributed by atoms with Gasteiger partial charge in [0.2, 0.25) is 0 Å². The first-order chi connectivity index (χ1) is 20.1. The zero-order valence-corrected chi connectivity index (χ0v) is 24.0. The van der Waals surface area contributed by atoms with Crippen molar-refractivity contribution in [2.75, 3.05) is 11.4 Å². The molecule has 1 saturated heterocycles. The summed E-state index contributed by atoms with van der Waals surface area (Å²) in [6, 6.07) is 2.60. The highest BCUT2D eigenvalue weighted by atomic mass is 19.4. The minimum Gasteiger partial charge on any atom is -0.446 e. The van der Waals surface area contributed by atoms with Crippen LogP contribution in [0.15, 0.2) is 36.4 Å². The Morgan fingerprint density at radius 1 is 0.932 bits per heavy atom. The second kappa shape index (κ2) is 12.6. The van der Waals surface area contributed by atoms with Crippen LogP contribution in [0.5, 0.6) is 5.75 Å². The lowest BCUT2D eigenvalue weighted by molar-refractivity contribution is -0.274. The van der Waals surface area contributed by atoms with Crippen LogP contribution in [-0.4, -0.2) is 42.1 Å². The highest BCUT2D eigenvalue weighted by molar-refractivity contribution is 5.89. The molecular weight excluding hydrogens is 615 g/mol. The SMILES string of the molecule is CC(C)CN(C(=O)OC(C)C)c1ccc(OC(F)(F)F)cc1CN1C(=O)O[C@H](c2cc(C(F)(F)F)cc(C(F)(F)F)c2)[C@@H]1C. The van der Waals surface area contributed by atoms with Crippen LogP contribution in [0.3, 0.4) is 0 Å². The Morgan fingerprint density at radius 3 is 1.98 bits per heavy atom. The molecule has 2 aromatic rings. The fourth-order valence-corrected chi connectivity index (χ4v) is 4.54. The molecule has 0 aliphatic carbocycles. The van der Waals surface area contributed by atoms with Crippen LogP contribution in [0.25, 0.3) is 0 Å². The Labute approximate surface area is 246 Å². The van der Waals surface area contributed by atoms with E-state index in [2.05, 4.69) is 4.74 Å². The van der Waals surface area contributed by atoms with Gasteiger partial charge < -0.3 is 14.2 Å². The zero-order valence-electron chi connectivity index (χ0n) is 24.0. The Kier molecular flexibility index (Phi) is 9.95. The predicted octanol–water partition coefficient (Wildman–Crippen LogP) is 8.71. The molecule has 244 valence electrons. The van der Waals surface area contributed by atoms with Gasteiger partial charge in [0.25, 0.3) is 0 Å². The van der Waals surface area contributed by atoms with Crippen molar-refractivity contribution >= 4 is 17.9 Å². The third kappa shape index (κ3) is 8.62. The topological polar surface area (TPSA) is 68.3 Å². The Balaban J connectivity index is 2.08. The number of rotatable bonds is 8. The summed E-state index contributed by atoms with van der Waals surface area (Å²) in [7, 11) is 0. The molecule has 7 nitrogen and oxygen atoms in total. The fraction of sp³-hybridized carbons (Fsp3) is 0.500. The molecule has 1 heterocycles. The maximum absolute atomic E-state index is 13.5. The lowest BCUT2D eigenvalue weighted by Crippen LogP contribution is -2.38. The Hall–Kier alpha value is -3.85. The number of anilines is 1. The molecule has 0 saturated carbocycles. The number of nitrogens with zero attached hydrogens (tertiary/aromatic N) is 2.